The lowest BCUT2D eigenvalue weighted by Gasteiger charge is -2.23. The second kappa shape index (κ2) is 4.73. The standard InChI is InChI=1S/C8H15N3O/c1-4-11-8(2,3)7(12)10-6-5-9/h11H,4,6H2,1-3H3,(H,10,12). The van der Waals surface area contributed by atoms with Crippen molar-refractivity contribution < 1.29 is 4.79 Å². The quantitative estimate of drug-likeness (QED) is 0.583. The number of hydrogen-bond donors (Lipinski definition) is 2. The first-order valence-corrected chi connectivity index (χ1v) is 3.95. The van der Waals surface area contributed by atoms with Crippen molar-refractivity contribution in [2.45, 2.75) is 26.3 Å². The van der Waals surface area contributed by atoms with Crippen LogP contribution in [0.5, 0.6) is 0 Å². The third-order valence-electron chi connectivity index (χ3n) is 1.51. The fraction of sp³-hybridized carbons (Fsp3) is 0.750. The highest BCUT2D eigenvalue weighted by atomic mass is 16.2. The number of amides is 1. The van der Waals surface area contributed by atoms with Gasteiger partial charge in [0.25, 0.3) is 0 Å². The number of likely N-dealkylation sites (N-methyl/N-ethyl adjacent to an activating group) is 1. The van der Waals surface area contributed by atoms with E-state index in [-0.39, 0.29) is 12.5 Å². The van der Waals surface area contributed by atoms with Crippen LogP contribution in [0.25, 0.3) is 0 Å². The molecule has 68 valence electrons. The van der Waals surface area contributed by atoms with Crippen molar-refractivity contribution in [1.29, 1.82) is 5.26 Å². The molecule has 0 spiro atoms. The van der Waals surface area contributed by atoms with Crippen molar-refractivity contribution in [3.8, 4) is 6.07 Å². The first kappa shape index (κ1) is 10.9. The van der Waals surface area contributed by atoms with Crippen molar-refractivity contribution in [2.75, 3.05) is 13.1 Å². The summed E-state index contributed by atoms with van der Waals surface area (Å²) in [5.74, 6) is -0.147. The Morgan fingerprint density at radius 1 is 1.58 bits per heavy atom. The van der Waals surface area contributed by atoms with Crippen LogP contribution in [-0.2, 0) is 4.79 Å². The van der Waals surface area contributed by atoms with Gasteiger partial charge < -0.3 is 10.6 Å². The van der Waals surface area contributed by atoms with Gasteiger partial charge in [0.1, 0.15) is 6.54 Å². The molecule has 0 unspecified atom stereocenters. The summed E-state index contributed by atoms with van der Waals surface area (Å²) in [6.45, 7) is 6.28. The minimum absolute atomic E-state index is 0.0632. The summed E-state index contributed by atoms with van der Waals surface area (Å²) in [7, 11) is 0. The smallest absolute Gasteiger partial charge is 0.240 e. The van der Waals surface area contributed by atoms with Gasteiger partial charge in [-0.3, -0.25) is 4.79 Å². The molecule has 0 saturated carbocycles. The Kier molecular flexibility index (Phi) is 4.30. The fourth-order valence-electron chi connectivity index (χ4n) is 0.863. The van der Waals surface area contributed by atoms with Gasteiger partial charge in [-0.05, 0) is 20.4 Å². The van der Waals surface area contributed by atoms with Crippen molar-refractivity contribution in [3.05, 3.63) is 0 Å². The van der Waals surface area contributed by atoms with Crippen molar-refractivity contribution in [3.63, 3.8) is 0 Å². The Morgan fingerprint density at radius 3 is 2.58 bits per heavy atom. The molecule has 2 N–H and O–H groups in total. The number of rotatable bonds is 4. The zero-order valence-corrected chi connectivity index (χ0v) is 7.77. The van der Waals surface area contributed by atoms with Crippen LogP contribution >= 0.6 is 0 Å². The van der Waals surface area contributed by atoms with Gasteiger partial charge in [0.15, 0.2) is 0 Å². The highest BCUT2D eigenvalue weighted by Gasteiger charge is 2.25. The average molecular weight is 169 g/mol. The van der Waals surface area contributed by atoms with Gasteiger partial charge >= 0.3 is 0 Å². The second-order valence-corrected chi connectivity index (χ2v) is 3.00. The third-order valence-corrected chi connectivity index (χ3v) is 1.51. The van der Waals surface area contributed by atoms with Crippen LogP contribution in [-0.4, -0.2) is 24.5 Å². The maximum absolute atomic E-state index is 11.3. The fourth-order valence-corrected chi connectivity index (χ4v) is 0.863. The van der Waals surface area contributed by atoms with E-state index in [1.807, 2.05) is 13.0 Å². The number of hydrogen-bond acceptors (Lipinski definition) is 3. The minimum atomic E-state index is -0.592. The Labute approximate surface area is 72.9 Å². The van der Waals surface area contributed by atoms with E-state index in [2.05, 4.69) is 10.6 Å². The van der Waals surface area contributed by atoms with Gasteiger partial charge in [-0.1, -0.05) is 6.92 Å². The van der Waals surface area contributed by atoms with Crippen LogP contribution in [0.15, 0.2) is 0 Å². The highest BCUT2D eigenvalue weighted by molar-refractivity contribution is 5.85. The Balaban J connectivity index is 3.99. The summed E-state index contributed by atoms with van der Waals surface area (Å²) < 4.78 is 0. The predicted octanol–water partition coefficient (Wildman–Crippen LogP) is 0.0143. The van der Waals surface area contributed by atoms with E-state index in [1.54, 1.807) is 13.8 Å². The van der Waals surface area contributed by atoms with E-state index in [0.29, 0.717) is 0 Å². The molecule has 0 atom stereocenters. The molecular weight excluding hydrogens is 154 g/mol. The molecule has 12 heavy (non-hydrogen) atoms. The molecule has 4 nitrogen and oxygen atoms in total. The highest BCUT2D eigenvalue weighted by Crippen LogP contribution is 2.00. The van der Waals surface area contributed by atoms with Gasteiger partial charge in [-0.2, -0.15) is 5.26 Å². The third kappa shape index (κ3) is 3.35. The molecule has 0 rings (SSSR count). The lowest BCUT2D eigenvalue weighted by atomic mass is 10.1. The summed E-state index contributed by atoms with van der Waals surface area (Å²) in [5, 5.41) is 13.7. The summed E-state index contributed by atoms with van der Waals surface area (Å²) in [4.78, 5) is 11.3. The SMILES string of the molecule is CCNC(C)(C)C(=O)NCC#N. The summed E-state index contributed by atoms with van der Waals surface area (Å²) in [6.07, 6.45) is 0. The lowest BCUT2D eigenvalue weighted by Crippen LogP contribution is -2.52. The van der Waals surface area contributed by atoms with E-state index >= 15 is 0 Å². The van der Waals surface area contributed by atoms with Crippen molar-refractivity contribution in [2.24, 2.45) is 0 Å². The van der Waals surface area contributed by atoms with E-state index in [4.69, 9.17) is 5.26 Å². The molecule has 0 aliphatic carbocycles. The van der Waals surface area contributed by atoms with Crippen LogP contribution in [0.4, 0.5) is 0 Å². The molecule has 0 aromatic rings. The molecule has 0 heterocycles. The van der Waals surface area contributed by atoms with Gasteiger partial charge in [-0.25, -0.2) is 0 Å². The van der Waals surface area contributed by atoms with Gasteiger partial charge in [0.2, 0.25) is 5.91 Å². The van der Waals surface area contributed by atoms with Crippen LogP contribution in [0.1, 0.15) is 20.8 Å². The second-order valence-electron chi connectivity index (χ2n) is 3.00. The zero-order valence-electron chi connectivity index (χ0n) is 7.77. The van der Waals surface area contributed by atoms with E-state index < -0.39 is 5.54 Å². The molecule has 0 aliphatic heterocycles. The topological polar surface area (TPSA) is 64.9 Å². The summed E-state index contributed by atoms with van der Waals surface area (Å²) in [5.41, 5.74) is -0.592. The van der Waals surface area contributed by atoms with E-state index in [1.165, 1.54) is 0 Å². The predicted molar refractivity (Wildman–Crippen MR) is 46.4 cm³/mol. The van der Waals surface area contributed by atoms with Gasteiger partial charge in [0.05, 0.1) is 11.6 Å². The number of carbonyl (C=O) groups is 1. The normalized spacial score (nSPS) is 10.5. The molecule has 0 saturated heterocycles. The molecule has 4 heteroatoms. The molecule has 0 aliphatic rings. The number of carbonyl (C=O) groups excluding carboxylic acids is 1. The Morgan fingerprint density at radius 2 is 2.17 bits per heavy atom. The monoisotopic (exact) mass is 169 g/mol. The maximum atomic E-state index is 11.3. The molecule has 0 fully saturated rings. The minimum Gasteiger partial charge on any atom is -0.341 e. The molecule has 1 amide bonds. The maximum Gasteiger partial charge on any atom is 0.240 e. The van der Waals surface area contributed by atoms with Crippen LogP contribution in [0, 0.1) is 11.3 Å². The summed E-state index contributed by atoms with van der Waals surface area (Å²) >= 11 is 0. The lowest BCUT2D eigenvalue weighted by molar-refractivity contribution is -0.126. The zero-order chi connectivity index (χ0) is 9.61. The molecule has 0 aromatic heterocycles. The number of nitriles is 1. The van der Waals surface area contributed by atoms with E-state index in [9.17, 15) is 4.79 Å². The summed E-state index contributed by atoms with van der Waals surface area (Å²) in [6, 6.07) is 1.85. The number of nitrogens with zero attached hydrogens (tertiary/aromatic N) is 1. The van der Waals surface area contributed by atoms with Crippen LogP contribution in [0.3, 0.4) is 0 Å². The van der Waals surface area contributed by atoms with Crippen molar-refractivity contribution in [1.82, 2.24) is 10.6 Å². The first-order chi connectivity index (χ1) is 5.54. The van der Waals surface area contributed by atoms with E-state index in [0.717, 1.165) is 6.54 Å². The first-order valence-electron chi connectivity index (χ1n) is 3.95. The Bertz CT molecular complexity index is 193. The molecule has 0 bridgehead atoms. The molecule has 0 radical (unpaired) electrons. The molecule has 0 aromatic carbocycles. The van der Waals surface area contributed by atoms with Crippen LogP contribution in [0.2, 0.25) is 0 Å². The molecular formula is C8H15N3O. The number of nitrogens with one attached hydrogen (secondary N) is 2. The largest absolute Gasteiger partial charge is 0.341 e. The van der Waals surface area contributed by atoms with Crippen molar-refractivity contribution >= 4 is 5.91 Å². The Hall–Kier alpha value is -1.08. The average Bonchev–Trinajstić information content (AvgIpc) is 2.00. The van der Waals surface area contributed by atoms with Gasteiger partial charge in [0, 0.05) is 0 Å². The van der Waals surface area contributed by atoms with Crippen LogP contribution < -0.4 is 10.6 Å². The van der Waals surface area contributed by atoms with Gasteiger partial charge in [-0.15, -0.1) is 0 Å².